The Labute approximate surface area is 444 Å². The minimum absolute atomic E-state index is 0.0757. The average molecular weight is 1040 g/mol. The van der Waals surface area contributed by atoms with Crippen LogP contribution in [-0.4, -0.2) is 88.4 Å². The van der Waals surface area contributed by atoms with Crippen LogP contribution in [0, 0.1) is 47.3 Å². The Balaban J connectivity index is 0.739. The number of aromatic nitrogens is 2. The number of nitrogen functional groups attached to an aromatic ring is 1. The van der Waals surface area contributed by atoms with Gasteiger partial charge in [0.1, 0.15) is 23.0 Å². The summed E-state index contributed by atoms with van der Waals surface area (Å²) in [5.41, 5.74) is 16.2. The third kappa shape index (κ3) is 11.0. The number of thiophene rings is 1. The molecule has 4 aliphatic heterocycles. The summed E-state index contributed by atoms with van der Waals surface area (Å²) in [6.45, 7) is 19.7. The van der Waals surface area contributed by atoms with Crippen LogP contribution < -0.4 is 21.3 Å². The van der Waals surface area contributed by atoms with Gasteiger partial charge < -0.3 is 34.9 Å². The van der Waals surface area contributed by atoms with Gasteiger partial charge in [0.15, 0.2) is 11.9 Å². The number of nitrogens with zero attached hydrogens (tertiary/aromatic N) is 7. The number of carbonyl (C=O) groups excluding carboxylic acids is 2. The van der Waals surface area contributed by atoms with Crippen LogP contribution in [0.15, 0.2) is 68.7 Å². The molecule has 8 atom stereocenters. The van der Waals surface area contributed by atoms with Crippen LogP contribution in [0.3, 0.4) is 0 Å². The number of thiazole rings is 1. The van der Waals surface area contributed by atoms with Gasteiger partial charge in [-0.15, -0.1) is 28.2 Å². The monoisotopic (exact) mass is 1040 g/mol. The fourth-order valence-corrected chi connectivity index (χ4v) is 14.3. The lowest BCUT2D eigenvalue weighted by atomic mass is 9.61. The van der Waals surface area contributed by atoms with E-state index < -0.39 is 23.5 Å². The van der Waals surface area contributed by atoms with Crippen molar-refractivity contribution in [2.75, 3.05) is 38.5 Å². The van der Waals surface area contributed by atoms with Crippen LogP contribution in [0.2, 0.25) is 0 Å². The zero-order chi connectivity index (χ0) is 52.1. The van der Waals surface area contributed by atoms with Gasteiger partial charge in [-0.1, -0.05) is 71.0 Å². The minimum Gasteiger partial charge on any atom is -0.476 e. The van der Waals surface area contributed by atoms with Crippen molar-refractivity contribution in [1.82, 2.24) is 30.7 Å². The first-order chi connectivity index (χ1) is 35.7. The molecular formula is C57H74N10O5S2. The lowest BCUT2D eigenvalue weighted by Gasteiger charge is -2.44. The summed E-state index contributed by atoms with van der Waals surface area (Å²) in [4.78, 5) is 55.0. The highest BCUT2D eigenvalue weighted by atomic mass is 32.1. The number of benzene rings is 1. The highest BCUT2D eigenvalue weighted by molar-refractivity contribution is 7.17. The normalized spacial score (nSPS) is 26.6. The zero-order valence-electron chi connectivity index (χ0n) is 44.2. The second-order valence-corrected chi connectivity index (χ2v) is 23.9. The number of carbonyl (C=O) groups is 2. The van der Waals surface area contributed by atoms with E-state index >= 15 is 0 Å². The molecule has 2 saturated heterocycles. The Morgan fingerprint density at radius 2 is 1.92 bits per heavy atom. The van der Waals surface area contributed by atoms with E-state index in [0.717, 1.165) is 109 Å². The molecule has 17 heteroatoms. The Bertz CT molecular complexity index is 2800. The maximum Gasteiger partial charge on any atom is 0.254 e. The molecule has 9 rings (SSSR count). The lowest BCUT2D eigenvalue weighted by Crippen LogP contribution is -2.47. The molecule has 0 radical (unpaired) electrons. The van der Waals surface area contributed by atoms with Crippen LogP contribution in [0.4, 0.5) is 5.00 Å². The van der Waals surface area contributed by atoms with E-state index in [2.05, 4.69) is 90.0 Å². The second kappa shape index (κ2) is 23.1. The molecule has 4 aromatic rings. The summed E-state index contributed by atoms with van der Waals surface area (Å²) in [5.74, 6) is 1.73. The minimum atomic E-state index is -0.615. The van der Waals surface area contributed by atoms with Gasteiger partial charge in [0, 0.05) is 48.3 Å². The predicted octanol–water partition coefficient (Wildman–Crippen LogP) is 10.6. The number of nitriles is 1. The Kier molecular flexibility index (Phi) is 16.6. The van der Waals surface area contributed by atoms with Gasteiger partial charge in [0.05, 0.1) is 39.4 Å². The number of ether oxygens (including phenoxy) is 1. The number of nitrogens with one attached hydrogen (secondary N) is 2. The summed E-state index contributed by atoms with van der Waals surface area (Å²) < 4.78 is 11.9. The van der Waals surface area contributed by atoms with Gasteiger partial charge in [-0.05, 0) is 137 Å². The lowest BCUT2D eigenvalue weighted by molar-refractivity contribution is -0.140. The van der Waals surface area contributed by atoms with Crippen molar-refractivity contribution in [1.29, 1.82) is 5.26 Å². The van der Waals surface area contributed by atoms with E-state index in [1.807, 2.05) is 44.6 Å². The average Bonchev–Trinajstić information content (AvgIpc) is 4.26. The number of allylic oxidation sites excluding steroid dienone is 2. The van der Waals surface area contributed by atoms with Gasteiger partial charge >= 0.3 is 0 Å². The van der Waals surface area contributed by atoms with Crippen LogP contribution in [0.1, 0.15) is 145 Å². The molecule has 1 aromatic carbocycles. The molecule has 0 spiro atoms. The van der Waals surface area contributed by atoms with Crippen molar-refractivity contribution >= 4 is 57.2 Å². The first-order valence-corrected chi connectivity index (χ1v) is 28.6. The van der Waals surface area contributed by atoms with Crippen LogP contribution in [0.5, 0.6) is 5.88 Å². The molecule has 0 bridgehead atoms. The number of rotatable bonds is 17. The summed E-state index contributed by atoms with van der Waals surface area (Å²) in [7, 11) is 0. The van der Waals surface area contributed by atoms with Crippen molar-refractivity contribution in [3.63, 3.8) is 0 Å². The molecule has 74 heavy (non-hydrogen) atoms. The van der Waals surface area contributed by atoms with Crippen molar-refractivity contribution in [2.45, 2.75) is 143 Å². The molecule has 3 aromatic heterocycles. The fourth-order valence-electron chi connectivity index (χ4n) is 12.4. The van der Waals surface area contributed by atoms with Crippen molar-refractivity contribution in [3.05, 3.63) is 87.2 Å². The molecule has 394 valence electrons. The van der Waals surface area contributed by atoms with Crippen LogP contribution >= 0.6 is 22.7 Å². The number of hydrogen-bond acceptors (Lipinski definition) is 15. The Hall–Kier alpha value is -5.67. The van der Waals surface area contributed by atoms with E-state index in [0.29, 0.717) is 72.5 Å². The predicted molar refractivity (Wildman–Crippen MR) is 294 cm³/mol. The molecule has 4 N–H and O–H groups in total. The molecule has 5 unspecified atom stereocenters. The highest BCUT2D eigenvalue weighted by Crippen LogP contribution is 2.49. The number of fused-ring (bicyclic) bond motifs is 1. The largest absolute Gasteiger partial charge is 0.476 e. The van der Waals surface area contributed by atoms with Crippen molar-refractivity contribution < 1.29 is 23.7 Å². The molecule has 2 fully saturated rings. The standard InChI is InChI=1S/C57H74N10O5S2/c1-8-42-49(52-63-55(72-65-52)57(7)23-11-16-45-48(57)41(31-58)51(59)74-45)60-25-24-56(42,6)40-14-12-27-66(33-36(4)17-22-40)26-9-10-29-70-46-30-44(71-64-46)47(35(2)3)54(69)67-28-13-15-43(67)53(68)61-32-38-18-20-39(21-19-38)50-37(5)62-34-73-50/h11,16,18-21,24-25,30,34-36,40,42-43,47,52,65H,8-10,12-15,17,22-23,26-29,32-33,59H2,1-7H3,(H,61,68)/t36-,40?,42?,43+,47?,52?,56?,57+/m1/s1. The number of unbranched alkanes of at least 4 members (excludes halogenated alkanes) is 1. The van der Waals surface area contributed by atoms with Crippen molar-refractivity contribution in [3.8, 4) is 22.4 Å². The maximum absolute atomic E-state index is 14.2. The zero-order valence-corrected chi connectivity index (χ0v) is 45.8. The number of aliphatic imine (C=N–C) groups is 2. The fraction of sp³-hybridized carbons (Fsp3) is 0.561. The Morgan fingerprint density at radius 1 is 1.11 bits per heavy atom. The molecule has 7 heterocycles. The van der Waals surface area contributed by atoms with Gasteiger partial charge in [-0.25, -0.2) is 9.98 Å². The highest BCUT2D eigenvalue weighted by Gasteiger charge is 2.49. The van der Waals surface area contributed by atoms with Gasteiger partial charge in [-0.2, -0.15) is 5.26 Å². The van der Waals surface area contributed by atoms with Gasteiger partial charge in [0.2, 0.25) is 17.7 Å². The van der Waals surface area contributed by atoms with Crippen molar-refractivity contribution in [2.24, 2.45) is 39.1 Å². The molecule has 15 nitrogen and oxygen atoms in total. The summed E-state index contributed by atoms with van der Waals surface area (Å²) in [6.07, 6.45) is 17.5. The first kappa shape index (κ1) is 53.2. The number of anilines is 1. The Morgan fingerprint density at radius 3 is 2.68 bits per heavy atom. The topological polar surface area (TPSA) is 197 Å². The number of amides is 2. The van der Waals surface area contributed by atoms with Gasteiger partial charge in [0.25, 0.3) is 5.88 Å². The van der Waals surface area contributed by atoms with Gasteiger partial charge in [-0.3, -0.25) is 14.6 Å². The number of hydroxylamine groups is 1. The van der Waals surface area contributed by atoms with E-state index in [-0.39, 0.29) is 29.1 Å². The first-order valence-electron chi connectivity index (χ1n) is 26.9. The van der Waals surface area contributed by atoms with E-state index in [4.69, 9.17) is 29.8 Å². The third-order valence-electron chi connectivity index (χ3n) is 16.5. The van der Waals surface area contributed by atoms with E-state index in [1.54, 1.807) is 22.3 Å². The number of hydrogen-bond donors (Lipinski definition) is 3. The molecule has 0 saturated carbocycles. The summed E-state index contributed by atoms with van der Waals surface area (Å²) >= 11 is 3.06. The second-order valence-electron chi connectivity index (χ2n) is 21.9. The quantitative estimate of drug-likeness (QED) is 0.0851. The molecule has 5 aliphatic rings. The number of aryl methyl sites for hydroxylation is 1. The molecular weight excluding hydrogens is 969 g/mol. The van der Waals surface area contributed by atoms with E-state index in [9.17, 15) is 14.9 Å². The summed E-state index contributed by atoms with van der Waals surface area (Å²) in [5, 5.41) is 17.9. The third-order valence-corrected chi connectivity index (χ3v) is 18.4. The summed E-state index contributed by atoms with van der Waals surface area (Å²) in [6, 6.07) is 11.7. The number of nitrogens with two attached hydrogens (primary N) is 1. The molecule has 1 aliphatic carbocycles. The van der Waals surface area contributed by atoms with E-state index in [1.165, 1.54) is 11.3 Å². The van der Waals surface area contributed by atoms with Crippen LogP contribution in [0.25, 0.3) is 16.5 Å². The molecule has 2 amide bonds. The number of likely N-dealkylation sites (tertiary alicyclic amines) is 1. The smallest absolute Gasteiger partial charge is 0.254 e. The maximum atomic E-state index is 14.2. The SMILES string of the molecule is CCC1C(C2N=C([C@@]3(C)CC=Cc4sc(N)c(C#N)c43)ON2)=NC=CC1(C)C1CCCN(CCCCOc2cc(C(C(=O)N3CCC[C@H]3C(=O)NCc3ccc(-c4scnc4C)cc3)C(C)C)on2)C[C@H](C)CC1. The van der Waals surface area contributed by atoms with Crippen LogP contribution in [-0.2, 0) is 26.4 Å².